The molecule has 0 fully saturated rings. The van der Waals surface area contributed by atoms with Crippen LogP contribution < -0.4 is 11.1 Å². The molecule has 0 bridgehead atoms. The van der Waals surface area contributed by atoms with Gasteiger partial charge in [-0.1, -0.05) is 13.0 Å². The molecule has 100 valence electrons. The van der Waals surface area contributed by atoms with Crippen molar-refractivity contribution in [1.82, 2.24) is 9.55 Å². The van der Waals surface area contributed by atoms with Gasteiger partial charge in [0.1, 0.15) is 11.5 Å². The van der Waals surface area contributed by atoms with Crippen molar-refractivity contribution in [2.75, 3.05) is 11.1 Å². The molecule has 0 radical (unpaired) electrons. The Bertz CT molecular complexity index is 572. The standard InChI is InChI=1S/C14H18N4O/c1-3-6-18-9-11(15)7-12(18)14(19)17-13-5-4-10(2)8-16-13/h4-5,7-9H,3,6,15H2,1-2H3,(H,16,17,19). The Morgan fingerprint density at radius 1 is 1.47 bits per heavy atom. The highest BCUT2D eigenvalue weighted by Crippen LogP contribution is 2.13. The molecule has 0 aliphatic heterocycles. The number of pyridine rings is 1. The molecule has 2 aromatic heterocycles. The molecule has 3 N–H and O–H groups in total. The van der Waals surface area contributed by atoms with Gasteiger partial charge in [0.15, 0.2) is 0 Å². The third-order valence-corrected chi connectivity index (χ3v) is 2.77. The lowest BCUT2D eigenvalue weighted by molar-refractivity contribution is 0.101. The number of nitrogens with zero attached hydrogens (tertiary/aromatic N) is 2. The van der Waals surface area contributed by atoms with E-state index in [1.54, 1.807) is 24.5 Å². The summed E-state index contributed by atoms with van der Waals surface area (Å²) in [6.45, 7) is 4.77. The number of rotatable bonds is 4. The van der Waals surface area contributed by atoms with Crippen LogP contribution in [0.4, 0.5) is 11.5 Å². The van der Waals surface area contributed by atoms with Crippen LogP contribution in [-0.2, 0) is 6.54 Å². The van der Waals surface area contributed by atoms with E-state index in [0.717, 1.165) is 18.5 Å². The van der Waals surface area contributed by atoms with Crippen molar-refractivity contribution in [2.24, 2.45) is 0 Å². The van der Waals surface area contributed by atoms with Gasteiger partial charge in [-0.05, 0) is 31.0 Å². The molecular formula is C14H18N4O. The average molecular weight is 258 g/mol. The predicted molar refractivity (Wildman–Crippen MR) is 76.1 cm³/mol. The molecule has 2 heterocycles. The van der Waals surface area contributed by atoms with E-state index in [1.807, 2.05) is 17.6 Å². The second-order valence-electron chi connectivity index (χ2n) is 4.53. The highest BCUT2D eigenvalue weighted by molar-refractivity contribution is 6.03. The fraction of sp³-hybridized carbons (Fsp3) is 0.286. The lowest BCUT2D eigenvalue weighted by Gasteiger charge is -2.08. The number of nitrogens with one attached hydrogen (secondary N) is 1. The fourth-order valence-electron chi connectivity index (χ4n) is 1.87. The van der Waals surface area contributed by atoms with Crippen molar-refractivity contribution < 1.29 is 4.79 Å². The molecule has 2 aromatic rings. The molecule has 0 unspecified atom stereocenters. The molecule has 5 heteroatoms. The van der Waals surface area contributed by atoms with Crippen LogP contribution in [0.5, 0.6) is 0 Å². The number of nitrogen functional groups attached to an aromatic ring is 1. The molecule has 0 aliphatic carbocycles. The summed E-state index contributed by atoms with van der Waals surface area (Å²) in [6, 6.07) is 5.37. The molecule has 5 nitrogen and oxygen atoms in total. The third kappa shape index (κ3) is 3.13. The minimum atomic E-state index is -0.193. The highest BCUT2D eigenvalue weighted by atomic mass is 16.2. The average Bonchev–Trinajstić information content (AvgIpc) is 2.74. The summed E-state index contributed by atoms with van der Waals surface area (Å²) in [7, 11) is 0. The largest absolute Gasteiger partial charge is 0.397 e. The van der Waals surface area contributed by atoms with Gasteiger partial charge in [-0.2, -0.15) is 0 Å². The van der Waals surface area contributed by atoms with Gasteiger partial charge < -0.3 is 15.6 Å². The van der Waals surface area contributed by atoms with Gasteiger partial charge >= 0.3 is 0 Å². The van der Waals surface area contributed by atoms with Gasteiger partial charge in [0.25, 0.3) is 5.91 Å². The van der Waals surface area contributed by atoms with Crippen LogP contribution in [-0.4, -0.2) is 15.5 Å². The molecule has 1 amide bonds. The lowest BCUT2D eigenvalue weighted by Crippen LogP contribution is -2.17. The molecule has 19 heavy (non-hydrogen) atoms. The van der Waals surface area contributed by atoms with Crippen molar-refractivity contribution in [3.8, 4) is 0 Å². The second-order valence-corrected chi connectivity index (χ2v) is 4.53. The van der Waals surface area contributed by atoms with Crippen molar-refractivity contribution in [1.29, 1.82) is 0 Å². The number of carbonyl (C=O) groups excluding carboxylic acids is 1. The number of nitrogens with two attached hydrogens (primary N) is 1. The molecule has 2 rings (SSSR count). The van der Waals surface area contributed by atoms with Crippen molar-refractivity contribution in [3.05, 3.63) is 41.9 Å². The Morgan fingerprint density at radius 3 is 2.89 bits per heavy atom. The normalized spacial score (nSPS) is 10.4. The van der Waals surface area contributed by atoms with Crippen LogP contribution in [0.15, 0.2) is 30.6 Å². The maximum Gasteiger partial charge on any atom is 0.273 e. The SMILES string of the molecule is CCCn1cc(N)cc1C(=O)Nc1ccc(C)cn1. The number of carbonyl (C=O) groups is 1. The Kier molecular flexibility index (Phi) is 3.85. The fourth-order valence-corrected chi connectivity index (χ4v) is 1.87. The summed E-state index contributed by atoms with van der Waals surface area (Å²) in [5.74, 6) is 0.347. The van der Waals surface area contributed by atoms with Gasteiger partial charge in [0.2, 0.25) is 0 Å². The molecule has 0 spiro atoms. The van der Waals surface area contributed by atoms with Gasteiger partial charge in [0, 0.05) is 18.9 Å². The molecule has 0 saturated heterocycles. The van der Waals surface area contributed by atoms with Gasteiger partial charge in [-0.15, -0.1) is 0 Å². The monoisotopic (exact) mass is 258 g/mol. The number of aromatic nitrogens is 2. The predicted octanol–water partition coefficient (Wildman–Crippen LogP) is 2.44. The highest BCUT2D eigenvalue weighted by Gasteiger charge is 2.13. The van der Waals surface area contributed by atoms with Gasteiger partial charge in [0.05, 0.1) is 5.69 Å². The van der Waals surface area contributed by atoms with Crippen molar-refractivity contribution in [3.63, 3.8) is 0 Å². The minimum Gasteiger partial charge on any atom is -0.397 e. The molecule has 0 aliphatic rings. The van der Waals surface area contributed by atoms with Crippen LogP contribution in [0.25, 0.3) is 0 Å². The Labute approximate surface area is 112 Å². The first-order valence-electron chi connectivity index (χ1n) is 6.30. The summed E-state index contributed by atoms with van der Waals surface area (Å²) in [5, 5.41) is 2.77. The zero-order valence-electron chi connectivity index (χ0n) is 11.2. The number of amides is 1. The molecule has 0 saturated carbocycles. The van der Waals surface area contributed by atoms with E-state index in [-0.39, 0.29) is 5.91 Å². The van der Waals surface area contributed by atoms with Crippen molar-refractivity contribution in [2.45, 2.75) is 26.8 Å². The minimum absolute atomic E-state index is 0.193. The maximum absolute atomic E-state index is 12.2. The van der Waals surface area contributed by atoms with Gasteiger partial charge in [-0.25, -0.2) is 4.98 Å². The Hall–Kier alpha value is -2.30. The summed E-state index contributed by atoms with van der Waals surface area (Å²) in [6.07, 6.45) is 4.44. The van der Waals surface area contributed by atoms with E-state index in [4.69, 9.17) is 5.73 Å². The second kappa shape index (κ2) is 5.56. The quantitative estimate of drug-likeness (QED) is 0.884. The van der Waals surface area contributed by atoms with Crippen LogP contribution in [0.1, 0.15) is 29.4 Å². The number of anilines is 2. The first-order chi connectivity index (χ1) is 9.10. The zero-order valence-corrected chi connectivity index (χ0v) is 11.2. The Morgan fingerprint density at radius 2 is 2.26 bits per heavy atom. The van der Waals surface area contributed by atoms with Gasteiger partial charge in [-0.3, -0.25) is 4.79 Å². The third-order valence-electron chi connectivity index (χ3n) is 2.77. The molecular weight excluding hydrogens is 240 g/mol. The summed E-state index contributed by atoms with van der Waals surface area (Å²) in [4.78, 5) is 16.3. The first-order valence-corrected chi connectivity index (χ1v) is 6.30. The van der Waals surface area contributed by atoms with Crippen LogP contribution >= 0.6 is 0 Å². The number of hydrogen-bond acceptors (Lipinski definition) is 3. The Balaban J connectivity index is 2.17. The first kappa shape index (κ1) is 13.1. The summed E-state index contributed by atoms with van der Waals surface area (Å²) in [5.41, 5.74) is 7.95. The van der Waals surface area contributed by atoms with E-state index >= 15 is 0 Å². The van der Waals surface area contributed by atoms with Crippen LogP contribution in [0.2, 0.25) is 0 Å². The van der Waals surface area contributed by atoms with Crippen LogP contribution in [0.3, 0.4) is 0 Å². The van der Waals surface area contributed by atoms with E-state index in [0.29, 0.717) is 17.2 Å². The zero-order chi connectivity index (χ0) is 13.8. The molecule has 0 aromatic carbocycles. The topological polar surface area (TPSA) is 72.9 Å². The lowest BCUT2D eigenvalue weighted by atomic mass is 10.3. The van der Waals surface area contributed by atoms with Crippen molar-refractivity contribution >= 4 is 17.4 Å². The smallest absolute Gasteiger partial charge is 0.273 e. The van der Waals surface area contributed by atoms with E-state index in [2.05, 4.69) is 17.2 Å². The number of hydrogen-bond donors (Lipinski definition) is 2. The van der Waals surface area contributed by atoms with E-state index in [9.17, 15) is 4.79 Å². The maximum atomic E-state index is 12.2. The van der Waals surface area contributed by atoms with E-state index < -0.39 is 0 Å². The van der Waals surface area contributed by atoms with E-state index in [1.165, 1.54) is 0 Å². The number of aryl methyl sites for hydroxylation is 2. The summed E-state index contributed by atoms with van der Waals surface area (Å²) >= 11 is 0. The molecule has 0 atom stereocenters. The van der Waals surface area contributed by atoms with Crippen LogP contribution in [0, 0.1) is 6.92 Å². The summed E-state index contributed by atoms with van der Waals surface area (Å²) < 4.78 is 1.86.